The molecule has 2 rings (SSSR count). The number of halogens is 1. The van der Waals surface area contributed by atoms with Crippen molar-refractivity contribution in [2.45, 2.75) is 12.3 Å². The Bertz CT molecular complexity index is 949. The number of nitrogens with one attached hydrogen (secondary N) is 4. The van der Waals surface area contributed by atoms with Crippen LogP contribution < -0.4 is 20.7 Å². The van der Waals surface area contributed by atoms with Crippen molar-refractivity contribution in [3.05, 3.63) is 69.7 Å². The lowest BCUT2D eigenvalue weighted by atomic mass is 10.1. The minimum absolute atomic E-state index is 0.123. The predicted molar refractivity (Wildman–Crippen MR) is 115 cm³/mol. The van der Waals surface area contributed by atoms with Crippen molar-refractivity contribution in [1.29, 1.82) is 0 Å². The van der Waals surface area contributed by atoms with Gasteiger partial charge in [0.1, 0.15) is 0 Å². The largest absolute Gasteiger partial charge is 0.350 e. The summed E-state index contributed by atoms with van der Waals surface area (Å²) in [5, 5.41) is 8.07. The van der Waals surface area contributed by atoms with Crippen molar-refractivity contribution in [2.24, 2.45) is 0 Å². The Morgan fingerprint density at radius 2 is 1.59 bits per heavy atom. The molecule has 0 saturated carbocycles. The van der Waals surface area contributed by atoms with Crippen LogP contribution in [0.5, 0.6) is 0 Å². The SMILES string of the molecule is CNS(=O)(=O)Cc1cccc(CNC(=O)NCCNC(=O)c2ccc(Br)cc2)c1. The molecule has 4 N–H and O–H groups in total. The molecule has 0 spiro atoms. The minimum Gasteiger partial charge on any atom is -0.350 e. The Kier molecular flexibility index (Phi) is 8.62. The van der Waals surface area contributed by atoms with Crippen molar-refractivity contribution in [3.8, 4) is 0 Å². The lowest BCUT2D eigenvalue weighted by molar-refractivity contribution is 0.0954. The Labute approximate surface area is 178 Å². The number of carbonyl (C=O) groups is 2. The standard InChI is InChI=1S/C19H23BrN4O4S/c1-21-29(27,28)13-15-4-2-3-14(11-15)12-24-19(26)23-10-9-22-18(25)16-5-7-17(20)8-6-16/h2-8,11,21H,9-10,12-13H2,1H3,(H,22,25)(H2,23,24,26). The fraction of sp³-hybridized carbons (Fsp3) is 0.263. The van der Waals surface area contributed by atoms with E-state index in [1.54, 1.807) is 48.5 Å². The lowest BCUT2D eigenvalue weighted by Crippen LogP contribution is -2.40. The van der Waals surface area contributed by atoms with Crippen LogP contribution in [-0.2, 0) is 22.3 Å². The van der Waals surface area contributed by atoms with E-state index < -0.39 is 10.0 Å². The summed E-state index contributed by atoms with van der Waals surface area (Å²) >= 11 is 3.31. The minimum atomic E-state index is -3.35. The predicted octanol–water partition coefficient (Wildman–Crippen LogP) is 1.73. The number of hydrogen-bond acceptors (Lipinski definition) is 4. The molecule has 0 fully saturated rings. The average Bonchev–Trinajstić information content (AvgIpc) is 2.70. The van der Waals surface area contributed by atoms with E-state index in [0.29, 0.717) is 17.7 Å². The Morgan fingerprint density at radius 3 is 2.28 bits per heavy atom. The van der Waals surface area contributed by atoms with Crippen LogP contribution in [0.3, 0.4) is 0 Å². The summed E-state index contributed by atoms with van der Waals surface area (Å²) in [6.07, 6.45) is 0. The fourth-order valence-electron chi connectivity index (χ4n) is 2.42. The average molecular weight is 483 g/mol. The van der Waals surface area contributed by atoms with Crippen LogP contribution in [0.1, 0.15) is 21.5 Å². The summed E-state index contributed by atoms with van der Waals surface area (Å²) in [6.45, 7) is 0.818. The van der Waals surface area contributed by atoms with Crippen LogP contribution >= 0.6 is 15.9 Å². The summed E-state index contributed by atoms with van der Waals surface area (Å²) < 4.78 is 26.4. The summed E-state index contributed by atoms with van der Waals surface area (Å²) in [5.41, 5.74) is 1.96. The summed E-state index contributed by atoms with van der Waals surface area (Å²) in [6, 6.07) is 13.6. The first-order valence-electron chi connectivity index (χ1n) is 8.83. The molecule has 0 aliphatic heterocycles. The third-order valence-electron chi connectivity index (χ3n) is 3.91. The van der Waals surface area contributed by atoms with E-state index in [0.717, 1.165) is 10.0 Å². The van der Waals surface area contributed by atoms with Gasteiger partial charge in [0, 0.05) is 29.7 Å². The van der Waals surface area contributed by atoms with Gasteiger partial charge in [-0.1, -0.05) is 40.2 Å². The van der Waals surface area contributed by atoms with E-state index in [4.69, 9.17) is 0 Å². The molecule has 0 saturated heterocycles. The molecule has 156 valence electrons. The maximum atomic E-state index is 12.0. The van der Waals surface area contributed by atoms with Crippen molar-refractivity contribution in [2.75, 3.05) is 20.1 Å². The second kappa shape index (κ2) is 10.9. The second-order valence-electron chi connectivity index (χ2n) is 6.16. The maximum Gasteiger partial charge on any atom is 0.315 e. The molecule has 0 bridgehead atoms. The number of sulfonamides is 1. The van der Waals surface area contributed by atoms with Gasteiger partial charge in [-0.25, -0.2) is 17.9 Å². The normalized spacial score (nSPS) is 11.0. The molecule has 3 amide bonds. The molecular weight excluding hydrogens is 460 g/mol. The van der Waals surface area contributed by atoms with E-state index in [-0.39, 0.29) is 30.8 Å². The van der Waals surface area contributed by atoms with Gasteiger partial charge < -0.3 is 16.0 Å². The van der Waals surface area contributed by atoms with Crippen LogP contribution in [-0.4, -0.2) is 40.5 Å². The quantitative estimate of drug-likeness (QED) is 0.407. The van der Waals surface area contributed by atoms with Crippen molar-refractivity contribution in [3.63, 3.8) is 0 Å². The highest BCUT2D eigenvalue weighted by molar-refractivity contribution is 9.10. The first kappa shape index (κ1) is 22.9. The van der Waals surface area contributed by atoms with E-state index >= 15 is 0 Å². The van der Waals surface area contributed by atoms with Crippen molar-refractivity contribution in [1.82, 2.24) is 20.7 Å². The molecule has 0 aliphatic rings. The fourth-order valence-corrected chi connectivity index (χ4v) is 3.45. The lowest BCUT2D eigenvalue weighted by Gasteiger charge is -2.10. The van der Waals surface area contributed by atoms with E-state index in [1.807, 2.05) is 0 Å². The van der Waals surface area contributed by atoms with Crippen molar-refractivity contribution >= 4 is 37.9 Å². The molecule has 0 radical (unpaired) electrons. The van der Waals surface area contributed by atoms with Crippen LogP contribution in [0.4, 0.5) is 4.79 Å². The highest BCUT2D eigenvalue weighted by Crippen LogP contribution is 2.10. The molecule has 0 heterocycles. The topological polar surface area (TPSA) is 116 Å². The third kappa shape index (κ3) is 8.22. The monoisotopic (exact) mass is 482 g/mol. The summed E-state index contributed by atoms with van der Waals surface area (Å²) in [7, 11) is -1.98. The number of rotatable bonds is 9. The molecular formula is C19H23BrN4O4S. The number of carbonyl (C=O) groups excluding carboxylic acids is 2. The second-order valence-corrected chi connectivity index (χ2v) is 9.00. The zero-order valence-corrected chi connectivity index (χ0v) is 18.3. The molecule has 2 aromatic carbocycles. The summed E-state index contributed by atoms with van der Waals surface area (Å²) in [4.78, 5) is 23.8. The molecule has 0 aliphatic carbocycles. The third-order valence-corrected chi connectivity index (χ3v) is 5.78. The highest BCUT2D eigenvalue weighted by Gasteiger charge is 2.09. The van der Waals surface area contributed by atoms with Gasteiger partial charge in [-0.15, -0.1) is 0 Å². The molecule has 29 heavy (non-hydrogen) atoms. The zero-order chi connectivity index (χ0) is 21.3. The van der Waals surface area contributed by atoms with Crippen LogP contribution in [0.15, 0.2) is 53.0 Å². The summed E-state index contributed by atoms with van der Waals surface area (Å²) in [5.74, 6) is -0.338. The Balaban J connectivity index is 1.71. The van der Waals surface area contributed by atoms with Crippen molar-refractivity contribution < 1.29 is 18.0 Å². The zero-order valence-electron chi connectivity index (χ0n) is 15.9. The first-order chi connectivity index (χ1) is 13.8. The number of urea groups is 1. The smallest absolute Gasteiger partial charge is 0.315 e. The van der Waals surface area contributed by atoms with Crippen LogP contribution in [0.25, 0.3) is 0 Å². The maximum absolute atomic E-state index is 12.0. The molecule has 8 nitrogen and oxygen atoms in total. The van der Waals surface area contributed by atoms with Gasteiger partial charge in [-0.3, -0.25) is 4.79 Å². The van der Waals surface area contributed by atoms with Gasteiger partial charge in [0.05, 0.1) is 5.75 Å². The van der Waals surface area contributed by atoms with Gasteiger partial charge in [0.15, 0.2) is 0 Å². The number of benzene rings is 2. The van der Waals surface area contributed by atoms with Crippen LogP contribution in [0.2, 0.25) is 0 Å². The molecule has 0 unspecified atom stereocenters. The first-order valence-corrected chi connectivity index (χ1v) is 11.3. The van der Waals surface area contributed by atoms with E-state index in [2.05, 4.69) is 36.6 Å². The van der Waals surface area contributed by atoms with Crippen LogP contribution in [0, 0.1) is 0 Å². The van der Waals surface area contributed by atoms with Gasteiger partial charge in [-0.2, -0.15) is 0 Å². The highest BCUT2D eigenvalue weighted by atomic mass is 79.9. The van der Waals surface area contributed by atoms with Gasteiger partial charge in [0.25, 0.3) is 5.91 Å². The van der Waals surface area contributed by atoms with Gasteiger partial charge in [0.2, 0.25) is 10.0 Å². The molecule has 0 atom stereocenters. The van der Waals surface area contributed by atoms with Gasteiger partial charge >= 0.3 is 6.03 Å². The molecule has 0 aromatic heterocycles. The molecule has 10 heteroatoms. The molecule has 2 aromatic rings. The van der Waals surface area contributed by atoms with Gasteiger partial charge in [-0.05, 0) is 42.4 Å². The number of amides is 3. The Hall–Kier alpha value is -2.43. The number of hydrogen-bond donors (Lipinski definition) is 4. The van der Waals surface area contributed by atoms with E-state index in [9.17, 15) is 18.0 Å². The van der Waals surface area contributed by atoms with E-state index in [1.165, 1.54) is 7.05 Å². The Morgan fingerprint density at radius 1 is 0.931 bits per heavy atom.